The molecule has 0 amide bonds. The predicted octanol–water partition coefficient (Wildman–Crippen LogP) is 0.0805. The number of H-pyrrole nitrogens is 1. The molecule has 19 heavy (non-hydrogen) atoms. The minimum Gasteiger partial charge on any atom is -0.316 e. The second kappa shape index (κ2) is 6.83. The molecular formula is C11H18N4O4. The third-order valence-electron chi connectivity index (χ3n) is 2.62. The van der Waals surface area contributed by atoms with E-state index in [1.807, 2.05) is 18.8 Å². The molecule has 0 saturated carbocycles. The first kappa shape index (κ1) is 15.1. The Morgan fingerprint density at radius 3 is 2.79 bits per heavy atom. The molecule has 0 aromatic carbocycles. The van der Waals surface area contributed by atoms with Crippen molar-refractivity contribution in [2.45, 2.75) is 26.8 Å². The van der Waals surface area contributed by atoms with Crippen molar-refractivity contribution in [3.05, 3.63) is 37.1 Å². The minimum atomic E-state index is -0.969. The Labute approximate surface area is 109 Å². The molecule has 106 valence electrons. The Kier molecular flexibility index (Phi) is 5.43. The van der Waals surface area contributed by atoms with Gasteiger partial charge in [-0.2, -0.15) is 0 Å². The average Bonchev–Trinajstić information content (AvgIpc) is 2.32. The fourth-order valence-corrected chi connectivity index (χ4v) is 1.69. The first-order valence-corrected chi connectivity index (χ1v) is 6.14. The van der Waals surface area contributed by atoms with Gasteiger partial charge in [0.1, 0.15) is 0 Å². The number of aromatic nitrogens is 2. The van der Waals surface area contributed by atoms with E-state index >= 15 is 0 Å². The van der Waals surface area contributed by atoms with Crippen molar-refractivity contribution in [1.82, 2.24) is 14.9 Å². The highest BCUT2D eigenvalue weighted by Gasteiger charge is 2.15. The normalized spacial score (nSPS) is 12.3. The Morgan fingerprint density at radius 2 is 2.21 bits per heavy atom. The summed E-state index contributed by atoms with van der Waals surface area (Å²) >= 11 is 0. The summed E-state index contributed by atoms with van der Waals surface area (Å²) in [6, 6.07) is 0. The molecule has 0 spiro atoms. The zero-order valence-electron chi connectivity index (χ0n) is 11.0. The van der Waals surface area contributed by atoms with Gasteiger partial charge in [0.15, 0.2) is 0 Å². The van der Waals surface area contributed by atoms with Gasteiger partial charge in [-0.1, -0.05) is 13.8 Å². The maximum Gasteiger partial charge on any atom is 0.350 e. The van der Waals surface area contributed by atoms with Crippen LogP contribution in [-0.2, 0) is 6.54 Å². The number of nitrogens with zero attached hydrogens (tertiary/aromatic N) is 2. The van der Waals surface area contributed by atoms with Crippen molar-refractivity contribution < 1.29 is 4.92 Å². The molecule has 0 fully saturated rings. The van der Waals surface area contributed by atoms with E-state index in [2.05, 4.69) is 5.32 Å². The van der Waals surface area contributed by atoms with E-state index in [-0.39, 0.29) is 5.92 Å². The van der Waals surface area contributed by atoms with E-state index in [4.69, 9.17) is 0 Å². The first-order valence-electron chi connectivity index (χ1n) is 6.14. The second-order valence-electron chi connectivity index (χ2n) is 4.49. The zero-order valence-corrected chi connectivity index (χ0v) is 11.0. The lowest BCUT2D eigenvalue weighted by Crippen LogP contribution is -2.34. The summed E-state index contributed by atoms with van der Waals surface area (Å²) < 4.78 is 1.16. The number of rotatable bonds is 7. The van der Waals surface area contributed by atoms with E-state index in [1.54, 1.807) is 0 Å². The topological polar surface area (TPSA) is 110 Å². The highest BCUT2D eigenvalue weighted by atomic mass is 16.6. The maximum atomic E-state index is 11.5. The van der Waals surface area contributed by atoms with Crippen molar-refractivity contribution in [3.63, 3.8) is 0 Å². The van der Waals surface area contributed by atoms with Crippen molar-refractivity contribution in [2.24, 2.45) is 5.92 Å². The highest BCUT2D eigenvalue weighted by Crippen LogP contribution is 2.02. The third-order valence-corrected chi connectivity index (χ3v) is 2.62. The average molecular weight is 270 g/mol. The molecule has 0 bridgehead atoms. The first-order chi connectivity index (χ1) is 8.95. The van der Waals surface area contributed by atoms with Gasteiger partial charge >= 0.3 is 16.9 Å². The van der Waals surface area contributed by atoms with Crippen LogP contribution < -0.4 is 16.6 Å². The Morgan fingerprint density at radius 1 is 1.53 bits per heavy atom. The van der Waals surface area contributed by atoms with E-state index in [0.29, 0.717) is 13.1 Å². The fraction of sp³-hybridized carbons (Fsp3) is 0.636. The quantitative estimate of drug-likeness (QED) is 0.414. The summed E-state index contributed by atoms with van der Waals surface area (Å²) in [7, 11) is 0. The molecule has 1 atom stereocenters. The minimum absolute atomic E-state index is 0.120. The Balaban J connectivity index is 2.83. The third kappa shape index (κ3) is 4.32. The van der Waals surface area contributed by atoms with Crippen LogP contribution in [0.3, 0.4) is 0 Å². The van der Waals surface area contributed by atoms with Gasteiger partial charge in [0.25, 0.3) is 0 Å². The standard InChI is InChI=1S/C11H18N4O4/c1-3-4-12-5-8(2)6-14-7-9(15(18)19)10(16)13-11(14)17/h7-8,12H,3-6H2,1-2H3,(H,13,16,17). The number of nitro groups is 1. The monoisotopic (exact) mass is 270 g/mol. The van der Waals surface area contributed by atoms with Gasteiger partial charge in [-0.25, -0.2) is 4.79 Å². The van der Waals surface area contributed by atoms with Crippen molar-refractivity contribution in [2.75, 3.05) is 13.1 Å². The summed E-state index contributed by atoms with van der Waals surface area (Å²) in [6.45, 7) is 5.87. The van der Waals surface area contributed by atoms with Gasteiger partial charge in [-0.05, 0) is 25.4 Å². The predicted molar refractivity (Wildman–Crippen MR) is 70.3 cm³/mol. The summed E-state index contributed by atoms with van der Waals surface area (Å²) in [5, 5.41) is 13.8. The molecular weight excluding hydrogens is 252 g/mol. The lowest BCUT2D eigenvalue weighted by Gasteiger charge is -2.13. The van der Waals surface area contributed by atoms with Gasteiger partial charge in [0.2, 0.25) is 0 Å². The summed E-state index contributed by atoms with van der Waals surface area (Å²) in [5.74, 6) is 0.120. The van der Waals surface area contributed by atoms with E-state index in [1.165, 1.54) is 0 Å². The highest BCUT2D eigenvalue weighted by molar-refractivity contribution is 5.20. The molecule has 0 saturated heterocycles. The van der Waals surface area contributed by atoms with Gasteiger partial charge in [-0.15, -0.1) is 0 Å². The molecule has 2 N–H and O–H groups in total. The number of hydrogen-bond acceptors (Lipinski definition) is 5. The van der Waals surface area contributed by atoms with Gasteiger partial charge < -0.3 is 5.32 Å². The van der Waals surface area contributed by atoms with Crippen LogP contribution in [0.1, 0.15) is 20.3 Å². The molecule has 1 heterocycles. The smallest absolute Gasteiger partial charge is 0.316 e. The molecule has 0 aliphatic heterocycles. The summed E-state index contributed by atoms with van der Waals surface area (Å²) in [5.41, 5.74) is -2.21. The van der Waals surface area contributed by atoms with Crippen LogP contribution >= 0.6 is 0 Å². The Bertz CT molecular complexity index is 548. The van der Waals surface area contributed by atoms with Gasteiger partial charge in [-0.3, -0.25) is 24.5 Å². The number of hydrogen-bond donors (Lipinski definition) is 2. The fourth-order valence-electron chi connectivity index (χ4n) is 1.69. The van der Waals surface area contributed by atoms with Crippen LogP contribution in [0.2, 0.25) is 0 Å². The van der Waals surface area contributed by atoms with Crippen LogP contribution in [0.4, 0.5) is 5.69 Å². The number of aromatic amines is 1. The molecule has 0 aliphatic rings. The van der Waals surface area contributed by atoms with Crippen LogP contribution in [-0.4, -0.2) is 27.6 Å². The lowest BCUT2D eigenvalue weighted by molar-refractivity contribution is -0.386. The lowest BCUT2D eigenvalue weighted by atomic mass is 10.2. The molecule has 8 nitrogen and oxygen atoms in total. The molecule has 1 aromatic heterocycles. The largest absolute Gasteiger partial charge is 0.350 e. The van der Waals surface area contributed by atoms with Crippen LogP contribution in [0.25, 0.3) is 0 Å². The Hall–Kier alpha value is -1.96. The van der Waals surface area contributed by atoms with Crippen molar-refractivity contribution in [3.8, 4) is 0 Å². The van der Waals surface area contributed by atoms with E-state index in [0.717, 1.165) is 23.7 Å². The maximum absolute atomic E-state index is 11.5. The van der Waals surface area contributed by atoms with Crippen LogP contribution in [0.15, 0.2) is 15.8 Å². The summed E-state index contributed by atoms with van der Waals surface area (Å²) in [4.78, 5) is 34.5. The molecule has 1 rings (SSSR count). The number of nitrogens with one attached hydrogen (secondary N) is 2. The van der Waals surface area contributed by atoms with Crippen molar-refractivity contribution in [1.29, 1.82) is 0 Å². The van der Waals surface area contributed by atoms with E-state index < -0.39 is 21.9 Å². The van der Waals surface area contributed by atoms with Crippen LogP contribution in [0, 0.1) is 16.0 Å². The van der Waals surface area contributed by atoms with Crippen LogP contribution in [0.5, 0.6) is 0 Å². The zero-order chi connectivity index (χ0) is 14.4. The van der Waals surface area contributed by atoms with E-state index in [9.17, 15) is 19.7 Å². The molecule has 8 heteroatoms. The molecule has 1 aromatic rings. The van der Waals surface area contributed by atoms with Crippen molar-refractivity contribution >= 4 is 5.69 Å². The van der Waals surface area contributed by atoms with Gasteiger partial charge in [0.05, 0.1) is 11.1 Å². The SMILES string of the molecule is CCCNCC(C)Cn1cc([N+](=O)[O-])c(=O)[nH]c1=O. The van der Waals surface area contributed by atoms with Gasteiger partial charge in [0, 0.05) is 6.54 Å². The summed E-state index contributed by atoms with van der Waals surface area (Å²) in [6.07, 6.45) is 2.01. The molecule has 0 radical (unpaired) electrons. The second-order valence-corrected chi connectivity index (χ2v) is 4.49. The molecule has 0 aliphatic carbocycles. The molecule has 1 unspecified atom stereocenters.